The number of carboxylic acid groups (broad SMARTS) is 1. The second kappa shape index (κ2) is 7.51. The van der Waals surface area contributed by atoms with Crippen molar-refractivity contribution in [3.63, 3.8) is 0 Å². The predicted octanol–water partition coefficient (Wildman–Crippen LogP) is 4.31. The summed E-state index contributed by atoms with van der Waals surface area (Å²) in [6.45, 7) is 0. The summed E-state index contributed by atoms with van der Waals surface area (Å²) >= 11 is 0. The second-order valence-corrected chi connectivity index (χ2v) is 6.76. The molecule has 4 nitrogen and oxygen atoms in total. The molecule has 0 radical (unpaired) electrons. The Morgan fingerprint density at radius 3 is 2.28 bits per heavy atom. The molecule has 1 amide bonds. The first-order chi connectivity index (χ1) is 12.1. The highest BCUT2D eigenvalue weighted by molar-refractivity contribution is 6.01. The Labute approximate surface area is 147 Å². The van der Waals surface area contributed by atoms with E-state index in [-0.39, 0.29) is 11.8 Å². The van der Waals surface area contributed by atoms with Gasteiger partial charge in [-0.2, -0.15) is 0 Å². The van der Waals surface area contributed by atoms with Crippen LogP contribution in [0.5, 0.6) is 0 Å². The van der Waals surface area contributed by atoms with Crippen LogP contribution in [-0.4, -0.2) is 23.0 Å². The van der Waals surface area contributed by atoms with Crippen LogP contribution in [0, 0.1) is 5.41 Å². The molecule has 0 aromatic heterocycles. The van der Waals surface area contributed by atoms with Crippen molar-refractivity contribution in [1.82, 2.24) is 5.32 Å². The van der Waals surface area contributed by atoms with Crippen LogP contribution in [0.25, 0.3) is 0 Å². The number of hydrogen-bond acceptors (Lipinski definition) is 2. The maximum absolute atomic E-state index is 13.5. The third-order valence-electron chi connectivity index (χ3n) is 5.18. The lowest BCUT2D eigenvalue weighted by molar-refractivity contribution is 0.0608. The third kappa shape index (κ3) is 3.73. The average molecular weight is 337 g/mol. The van der Waals surface area contributed by atoms with Crippen molar-refractivity contribution in [3.05, 3.63) is 71.8 Å². The van der Waals surface area contributed by atoms with Crippen LogP contribution in [0.2, 0.25) is 0 Å². The molecule has 0 spiro atoms. The summed E-state index contributed by atoms with van der Waals surface area (Å²) in [6, 6.07) is 18.7. The van der Waals surface area contributed by atoms with Gasteiger partial charge in [-0.3, -0.25) is 4.79 Å². The molecule has 0 saturated heterocycles. The fraction of sp³-hybridized carbons (Fsp3) is 0.333. The smallest absolute Gasteiger partial charge is 0.404 e. The molecule has 25 heavy (non-hydrogen) atoms. The molecule has 0 aliphatic heterocycles. The molecule has 1 aliphatic carbocycles. The molecule has 2 atom stereocenters. The summed E-state index contributed by atoms with van der Waals surface area (Å²) in [6.07, 6.45) is 2.74. The highest BCUT2D eigenvalue weighted by atomic mass is 16.4. The fourth-order valence-corrected chi connectivity index (χ4v) is 4.00. The molecule has 0 heterocycles. The Hall–Kier alpha value is -2.62. The van der Waals surface area contributed by atoms with E-state index in [1.165, 1.54) is 0 Å². The molecule has 1 saturated carbocycles. The van der Waals surface area contributed by atoms with Crippen LogP contribution in [0.15, 0.2) is 60.7 Å². The molecule has 2 unspecified atom stereocenters. The number of ketones is 1. The normalized spacial score (nSPS) is 23.0. The number of nitrogens with one attached hydrogen (secondary N) is 1. The number of carbonyl (C=O) groups is 2. The molecule has 130 valence electrons. The first kappa shape index (κ1) is 17.2. The van der Waals surface area contributed by atoms with Crippen LogP contribution < -0.4 is 5.32 Å². The van der Waals surface area contributed by atoms with Crippen molar-refractivity contribution in [2.24, 2.45) is 5.41 Å². The lowest BCUT2D eigenvalue weighted by Gasteiger charge is -2.43. The molecular formula is C21H23NO3. The molecule has 2 aromatic carbocycles. The van der Waals surface area contributed by atoms with Gasteiger partial charge < -0.3 is 10.4 Å². The first-order valence-electron chi connectivity index (χ1n) is 8.75. The molecule has 2 N–H and O–H groups in total. The van der Waals surface area contributed by atoms with Crippen molar-refractivity contribution in [2.75, 3.05) is 0 Å². The van der Waals surface area contributed by atoms with Gasteiger partial charge in [-0.1, -0.05) is 73.5 Å². The molecule has 3 rings (SSSR count). The summed E-state index contributed by atoms with van der Waals surface area (Å²) in [5.74, 6) is 0.0374. The Morgan fingerprint density at radius 1 is 1.00 bits per heavy atom. The van der Waals surface area contributed by atoms with E-state index in [2.05, 4.69) is 5.32 Å². The van der Waals surface area contributed by atoms with E-state index in [9.17, 15) is 14.7 Å². The summed E-state index contributed by atoms with van der Waals surface area (Å²) in [5.41, 5.74) is 0.975. The molecule has 1 aliphatic rings. The molecule has 1 fully saturated rings. The predicted molar refractivity (Wildman–Crippen MR) is 96.8 cm³/mol. The largest absolute Gasteiger partial charge is 0.465 e. The quantitative estimate of drug-likeness (QED) is 0.799. The zero-order valence-corrected chi connectivity index (χ0v) is 14.2. The van der Waals surface area contributed by atoms with Crippen LogP contribution in [0.1, 0.15) is 41.6 Å². The lowest BCUT2D eigenvalue weighted by Crippen LogP contribution is -2.54. The van der Waals surface area contributed by atoms with Crippen molar-refractivity contribution >= 4 is 11.9 Å². The number of hydrogen-bond donors (Lipinski definition) is 2. The fourth-order valence-electron chi connectivity index (χ4n) is 4.00. The molecule has 2 aromatic rings. The highest BCUT2D eigenvalue weighted by Gasteiger charge is 2.47. The molecule has 0 bridgehead atoms. The van der Waals surface area contributed by atoms with E-state index in [4.69, 9.17) is 0 Å². The van der Waals surface area contributed by atoms with Gasteiger partial charge in [0.1, 0.15) is 0 Å². The van der Waals surface area contributed by atoms with Gasteiger partial charge in [0.05, 0.1) is 5.41 Å². The SMILES string of the molecule is O=C(O)NC1CCCCC1(Cc1ccccc1)C(=O)c1ccccc1. The van der Waals surface area contributed by atoms with Gasteiger partial charge in [0.15, 0.2) is 5.78 Å². The Balaban J connectivity index is 2.02. The van der Waals surface area contributed by atoms with Crippen molar-refractivity contribution in [1.29, 1.82) is 0 Å². The van der Waals surface area contributed by atoms with Crippen molar-refractivity contribution in [3.8, 4) is 0 Å². The zero-order valence-electron chi connectivity index (χ0n) is 14.2. The van der Waals surface area contributed by atoms with Crippen LogP contribution in [0.4, 0.5) is 4.79 Å². The van der Waals surface area contributed by atoms with Crippen LogP contribution in [-0.2, 0) is 6.42 Å². The average Bonchev–Trinajstić information content (AvgIpc) is 2.64. The Bertz CT molecular complexity index is 729. The number of amides is 1. The maximum atomic E-state index is 13.5. The van der Waals surface area contributed by atoms with Gasteiger partial charge in [0.25, 0.3) is 0 Å². The van der Waals surface area contributed by atoms with Gasteiger partial charge in [-0.05, 0) is 24.8 Å². The topological polar surface area (TPSA) is 66.4 Å². The Kier molecular flexibility index (Phi) is 5.17. The zero-order chi connectivity index (χ0) is 17.7. The minimum absolute atomic E-state index is 0.0374. The van der Waals surface area contributed by atoms with E-state index in [0.717, 1.165) is 18.4 Å². The maximum Gasteiger partial charge on any atom is 0.404 e. The molecule has 4 heteroatoms. The summed E-state index contributed by atoms with van der Waals surface area (Å²) in [7, 11) is 0. The second-order valence-electron chi connectivity index (χ2n) is 6.76. The summed E-state index contributed by atoms with van der Waals surface area (Å²) < 4.78 is 0. The first-order valence-corrected chi connectivity index (χ1v) is 8.75. The highest BCUT2D eigenvalue weighted by Crippen LogP contribution is 2.42. The van der Waals surface area contributed by atoms with Gasteiger partial charge >= 0.3 is 6.09 Å². The number of benzene rings is 2. The van der Waals surface area contributed by atoms with Crippen LogP contribution >= 0.6 is 0 Å². The number of rotatable bonds is 5. The minimum atomic E-state index is -1.06. The van der Waals surface area contributed by atoms with E-state index in [1.807, 2.05) is 60.7 Å². The monoisotopic (exact) mass is 337 g/mol. The van der Waals surface area contributed by atoms with Gasteiger partial charge in [0.2, 0.25) is 0 Å². The lowest BCUT2D eigenvalue weighted by atomic mass is 9.63. The van der Waals surface area contributed by atoms with Gasteiger partial charge in [-0.15, -0.1) is 0 Å². The van der Waals surface area contributed by atoms with Crippen LogP contribution in [0.3, 0.4) is 0 Å². The standard InChI is InChI=1S/C21H23NO3/c23-19(17-11-5-2-6-12-17)21(15-16-9-3-1-4-10-16)14-8-7-13-18(21)22-20(24)25/h1-6,9-12,18,22H,7-8,13-15H2,(H,24,25). The number of Topliss-reactive ketones (excluding diaryl/α,β-unsaturated/α-hetero) is 1. The summed E-state index contributed by atoms with van der Waals surface area (Å²) in [4.78, 5) is 24.8. The van der Waals surface area contributed by atoms with Crippen molar-refractivity contribution < 1.29 is 14.7 Å². The molecular weight excluding hydrogens is 314 g/mol. The number of carbonyl (C=O) groups excluding carboxylic acids is 1. The third-order valence-corrected chi connectivity index (χ3v) is 5.18. The van der Waals surface area contributed by atoms with E-state index >= 15 is 0 Å². The minimum Gasteiger partial charge on any atom is -0.465 e. The van der Waals surface area contributed by atoms with E-state index in [0.29, 0.717) is 24.8 Å². The van der Waals surface area contributed by atoms with E-state index < -0.39 is 11.5 Å². The van der Waals surface area contributed by atoms with E-state index in [1.54, 1.807) is 0 Å². The Morgan fingerprint density at radius 2 is 1.64 bits per heavy atom. The van der Waals surface area contributed by atoms with Crippen molar-refractivity contribution in [2.45, 2.75) is 38.1 Å². The van der Waals surface area contributed by atoms with Gasteiger partial charge in [-0.25, -0.2) is 4.79 Å². The summed E-state index contributed by atoms with van der Waals surface area (Å²) in [5, 5.41) is 11.9. The van der Waals surface area contributed by atoms with Gasteiger partial charge in [0, 0.05) is 11.6 Å².